The van der Waals surface area contributed by atoms with Gasteiger partial charge < -0.3 is 24.4 Å². The van der Waals surface area contributed by atoms with Crippen molar-refractivity contribution in [1.29, 1.82) is 0 Å². The van der Waals surface area contributed by atoms with E-state index >= 15 is 0 Å². The fourth-order valence-electron chi connectivity index (χ4n) is 3.30. The van der Waals surface area contributed by atoms with Crippen LogP contribution < -0.4 is 9.47 Å². The van der Waals surface area contributed by atoms with Crippen molar-refractivity contribution in [2.24, 2.45) is 0 Å². The molecule has 7 heteroatoms. The second-order valence-corrected chi connectivity index (χ2v) is 7.71. The van der Waals surface area contributed by atoms with E-state index in [1.807, 2.05) is 60.7 Å². The molecule has 0 heterocycles. The number of ether oxygens (including phenoxy) is 3. The van der Waals surface area contributed by atoms with E-state index in [4.69, 9.17) is 19.3 Å². The van der Waals surface area contributed by atoms with Gasteiger partial charge in [0.2, 0.25) is 0 Å². The number of carboxylic acid groups (broad SMARTS) is 2. The zero-order valence-electron chi connectivity index (χ0n) is 19.4. The van der Waals surface area contributed by atoms with E-state index in [1.54, 1.807) is 31.2 Å². The van der Waals surface area contributed by atoms with Crippen LogP contribution in [0.3, 0.4) is 0 Å². The summed E-state index contributed by atoms with van der Waals surface area (Å²) in [6.07, 6.45) is 3.28. The van der Waals surface area contributed by atoms with E-state index in [9.17, 15) is 14.7 Å². The van der Waals surface area contributed by atoms with Gasteiger partial charge in [0.15, 0.2) is 6.10 Å². The minimum absolute atomic E-state index is 0.243. The molecule has 0 aliphatic carbocycles. The summed E-state index contributed by atoms with van der Waals surface area (Å²) in [5.41, 5.74) is 2.95. The van der Waals surface area contributed by atoms with Gasteiger partial charge in [0, 0.05) is 13.0 Å². The van der Waals surface area contributed by atoms with Crippen molar-refractivity contribution in [2.75, 3.05) is 13.2 Å². The van der Waals surface area contributed by atoms with Crippen LogP contribution in [0.1, 0.15) is 34.0 Å². The molecule has 0 unspecified atom stereocenters. The maximum absolute atomic E-state index is 11.2. The Kier molecular flexibility index (Phi) is 9.45. The van der Waals surface area contributed by atoms with Crippen molar-refractivity contribution in [3.8, 4) is 11.5 Å². The van der Waals surface area contributed by atoms with Crippen LogP contribution >= 0.6 is 0 Å². The van der Waals surface area contributed by atoms with Crippen LogP contribution in [-0.4, -0.2) is 41.5 Å². The molecule has 0 fully saturated rings. The van der Waals surface area contributed by atoms with Crippen LogP contribution in [0.5, 0.6) is 11.5 Å². The molecule has 2 N–H and O–H groups in total. The van der Waals surface area contributed by atoms with E-state index in [0.29, 0.717) is 37.7 Å². The molecule has 0 amide bonds. The first-order chi connectivity index (χ1) is 16.9. The minimum Gasteiger partial charge on any atom is -0.490 e. The van der Waals surface area contributed by atoms with Crippen molar-refractivity contribution in [1.82, 2.24) is 0 Å². The van der Waals surface area contributed by atoms with Gasteiger partial charge >= 0.3 is 11.9 Å². The molecular formula is C28H28O7. The number of hydrogen-bond acceptors (Lipinski definition) is 5. The SMILES string of the molecule is CCO[C@@H](Cc1ccc(OC/C=C/c2cccc(OCc3ccc(C(=O)O)cc3)c2)cc1)C(=O)O. The Morgan fingerprint density at radius 3 is 2.26 bits per heavy atom. The molecule has 0 saturated heterocycles. The van der Waals surface area contributed by atoms with Gasteiger partial charge in [0.1, 0.15) is 24.7 Å². The first-order valence-electron chi connectivity index (χ1n) is 11.2. The number of aromatic carboxylic acids is 1. The summed E-state index contributed by atoms with van der Waals surface area (Å²) >= 11 is 0. The molecule has 0 aliphatic rings. The third kappa shape index (κ3) is 8.32. The van der Waals surface area contributed by atoms with E-state index in [1.165, 1.54) is 0 Å². The Morgan fingerprint density at radius 2 is 1.60 bits per heavy atom. The summed E-state index contributed by atoms with van der Waals surface area (Å²) < 4.78 is 16.8. The van der Waals surface area contributed by atoms with E-state index in [0.717, 1.165) is 16.7 Å². The fourth-order valence-corrected chi connectivity index (χ4v) is 3.30. The zero-order valence-corrected chi connectivity index (χ0v) is 19.4. The highest BCUT2D eigenvalue weighted by Gasteiger charge is 2.17. The van der Waals surface area contributed by atoms with Crippen LogP contribution in [0.25, 0.3) is 6.08 Å². The number of carboxylic acids is 2. The lowest BCUT2D eigenvalue weighted by Crippen LogP contribution is -2.26. The number of benzene rings is 3. The number of rotatable bonds is 13. The van der Waals surface area contributed by atoms with Crippen LogP contribution in [0.15, 0.2) is 78.9 Å². The van der Waals surface area contributed by atoms with Crippen molar-refractivity contribution in [2.45, 2.75) is 26.1 Å². The monoisotopic (exact) mass is 476 g/mol. The Labute approximate surface area is 204 Å². The molecule has 0 bridgehead atoms. The summed E-state index contributed by atoms with van der Waals surface area (Å²) in [4.78, 5) is 22.2. The zero-order chi connectivity index (χ0) is 25.0. The second kappa shape index (κ2) is 13.0. The maximum Gasteiger partial charge on any atom is 0.335 e. The lowest BCUT2D eigenvalue weighted by molar-refractivity contribution is -0.149. The summed E-state index contributed by atoms with van der Waals surface area (Å²) in [6.45, 7) is 2.83. The highest BCUT2D eigenvalue weighted by molar-refractivity contribution is 5.87. The lowest BCUT2D eigenvalue weighted by Gasteiger charge is -2.12. The lowest BCUT2D eigenvalue weighted by atomic mass is 10.1. The van der Waals surface area contributed by atoms with E-state index in [2.05, 4.69) is 0 Å². The smallest absolute Gasteiger partial charge is 0.335 e. The predicted octanol–water partition coefficient (Wildman–Crippen LogP) is 5.09. The number of aliphatic carboxylic acids is 1. The third-order valence-electron chi connectivity index (χ3n) is 5.11. The topological polar surface area (TPSA) is 102 Å². The largest absolute Gasteiger partial charge is 0.490 e. The minimum atomic E-state index is -0.971. The van der Waals surface area contributed by atoms with E-state index in [-0.39, 0.29) is 5.56 Å². The Bertz CT molecular complexity index is 1130. The molecule has 0 spiro atoms. The predicted molar refractivity (Wildman–Crippen MR) is 132 cm³/mol. The molecule has 35 heavy (non-hydrogen) atoms. The van der Waals surface area contributed by atoms with Gasteiger partial charge in [-0.2, -0.15) is 0 Å². The van der Waals surface area contributed by atoms with Crippen molar-refractivity contribution in [3.63, 3.8) is 0 Å². The average Bonchev–Trinajstić information content (AvgIpc) is 2.86. The van der Waals surface area contributed by atoms with Gasteiger partial charge in [0.05, 0.1) is 5.56 Å². The summed E-state index contributed by atoms with van der Waals surface area (Å²) in [5.74, 6) is -0.532. The fraction of sp³-hybridized carbons (Fsp3) is 0.214. The quantitative estimate of drug-likeness (QED) is 0.354. The first kappa shape index (κ1) is 25.5. The highest BCUT2D eigenvalue weighted by Crippen LogP contribution is 2.18. The van der Waals surface area contributed by atoms with Crippen LogP contribution in [0.4, 0.5) is 0 Å². The average molecular weight is 477 g/mol. The number of hydrogen-bond donors (Lipinski definition) is 2. The van der Waals surface area contributed by atoms with Gasteiger partial charge in [-0.25, -0.2) is 9.59 Å². The molecule has 0 saturated carbocycles. The standard InChI is InChI=1S/C28H28O7/c1-2-33-26(28(31)32)18-21-10-14-24(15-11-21)34-16-4-6-20-5-3-7-25(17-20)35-19-22-8-12-23(13-9-22)27(29)30/h3-15,17,26H,2,16,18-19H2,1H3,(H,29,30)(H,31,32)/b6-4+/t26-/m0/s1. The number of carbonyl (C=O) groups is 2. The molecular weight excluding hydrogens is 448 g/mol. The molecule has 0 aromatic heterocycles. The molecule has 0 radical (unpaired) electrons. The van der Waals surface area contributed by atoms with Crippen molar-refractivity contribution < 1.29 is 34.0 Å². The summed E-state index contributed by atoms with van der Waals surface area (Å²) in [6, 6.07) is 21.5. The molecule has 3 rings (SSSR count). The van der Waals surface area contributed by atoms with Gasteiger partial charge in [-0.15, -0.1) is 0 Å². The van der Waals surface area contributed by atoms with Crippen LogP contribution in [-0.2, 0) is 22.6 Å². The second-order valence-electron chi connectivity index (χ2n) is 7.71. The van der Waals surface area contributed by atoms with Gasteiger partial charge in [0.25, 0.3) is 0 Å². The molecule has 1 atom stereocenters. The van der Waals surface area contributed by atoms with Gasteiger partial charge in [-0.3, -0.25) is 0 Å². The maximum atomic E-state index is 11.2. The first-order valence-corrected chi connectivity index (χ1v) is 11.2. The summed E-state index contributed by atoms with van der Waals surface area (Å²) in [7, 11) is 0. The molecule has 0 aliphatic heterocycles. The van der Waals surface area contributed by atoms with E-state index < -0.39 is 18.0 Å². The third-order valence-corrected chi connectivity index (χ3v) is 5.11. The normalized spacial score (nSPS) is 11.8. The Morgan fingerprint density at radius 1 is 0.886 bits per heavy atom. The highest BCUT2D eigenvalue weighted by atomic mass is 16.5. The molecule has 3 aromatic carbocycles. The van der Waals surface area contributed by atoms with Crippen LogP contribution in [0, 0.1) is 0 Å². The van der Waals surface area contributed by atoms with Crippen molar-refractivity contribution in [3.05, 3.63) is 101 Å². The molecule has 3 aromatic rings. The van der Waals surface area contributed by atoms with Gasteiger partial charge in [-0.05, 0) is 66.1 Å². The molecule has 182 valence electrons. The summed E-state index contributed by atoms with van der Waals surface area (Å²) in [5, 5.41) is 18.2. The van der Waals surface area contributed by atoms with Crippen molar-refractivity contribution >= 4 is 18.0 Å². The Balaban J connectivity index is 1.47. The molecule has 7 nitrogen and oxygen atoms in total. The van der Waals surface area contributed by atoms with Gasteiger partial charge in [-0.1, -0.05) is 42.5 Å². The Hall–Kier alpha value is -4.10. The van der Waals surface area contributed by atoms with Crippen LogP contribution in [0.2, 0.25) is 0 Å².